The SMILES string of the molecule is COc1ccc(C(=O)C(C#N)=NNc2ccccc2C)cc1. The molecule has 2 aromatic rings. The van der Waals surface area contributed by atoms with E-state index >= 15 is 0 Å². The van der Waals surface area contributed by atoms with E-state index < -0.39 is 5.78 Å². The number of methoxy groups -OCH3 is 1. The van der Waals surface area contributed by atoms with Gasteiger partial charge in [-0.3, -0.25) is 10.2 Å². The molecule has 0 bridgehead atoms. The molecule has 0 aliphatic carbocycles. The van der Waals surface area contributed by atoms with Crippen LogP contribution >= 0.6 is 0 Å². The molecule has 5 nitrogen and oxygen atoms in total. The first-order chi connectivity index (χ1) is 10.7. The van der Waals surface area contributed by atoms with Gasteiger partial charge in [0, 0.05) is 5.56 Å². The van der Waals surface area contributed by atoms with Crippen molar-refractivity contribution in [3.05, 3.63) is 59.7 Å². The minimum Gasteiger partial charge on any atom is -0.497 e. The minimum atomic E-state index is -0.439. The predicted octanol–water partition coefficient (Wildman–Crippen LogP) is 3.18. The van der Waals surface area contributed by atoms with Crippen LogP contribution in [0.2, 0.25) is 0 Å². The Morgan fingerprint density at radius 1 is 1.18 bits per heavy atom. The number of carbonyl (C=O) groups is 1. The van der Waals surface area contributed by atoms with Crippen LogP contribution in [-0.4, -0.2) is 18.6 Å². The van der Waals surface area contributed by atoms with Gasteiger partial charge in [0.1, 0.15) is 11.8 Å². The second-order valence-electron chi connectivity index (χ2n) is 4.56. The largest absolute Gasteiger partial charge is 0.497 e. The zero-order valence-corrected chi connectivity index (χ0v) is 12.3. The second kappa shape index (κ2) is 7.04. The maximum absolute atomic E-state index is 12.2. The topological polar surface area (TPSA) is 74.5 Å². The summed E-state index contributed by atoms with van der Waals surface area (Å²) >= 11 is 0. The van der Waals surface area contributed by atoms with Crippen molar-refractivity contribution in [1.29, 1.82) is 5.26 Å². The lowest BCUT2D eigenvalue weighted by atomic mass is 10.1. The van der Waals surface area contributed by atoms with E-state index in [1.54, 1.807) is 31.4 Å². The van der Waals surface area contributed by atoms with Crippen LogP contribution in [0.15, 0.2) is 53.6 Å². The molecule has 0 amide bonds. The number of hydrazone groups is 1. The molecule has 0 radical (unpaired) electrons. The number of anilines is 1. The number of hydrogen-bond donors (Lipinski definition) is 1. The number of nitrogens with one attached hydrogen (secondary N) is 1. The van der Waals surface area contributed by atoms with Gasteiger partial charge in [0.05, 0.1) is 12.8 Å². The number of ketones is 1. The number of para-hydroxylation sites is 1. The van der Waals surface area contributed by atoms with Crippen LogP contribution in [0, 0.1) is 18.3 Å². The normalized spacial score (nSPS) is 10.7. The molecule has 0 fully saturated rings. The molecular formula is C17H15N3O2. The molecule has 0 aliphatic rings. The molecule has 0 aromatic heterocycles. The number of benzene rings is 2. The number of hydrogen-bond acceptors (Lipinski definition) is 5. The lowest BCUT2D eigenvalue weighted by Crippen LogP contribution is -2.14. The maximum Gasteiger partial charge on any atom is 0.223 e. The molecule has 0 unspecified atom stereocenters. The third kappa shape index (κ3) is 3.49. The summed E-state index contributed by atoms with van der Waals surface area (Å²) < 4.78 is 5.04. The van der Waals surface area contributed by atoms with Gasteiger partial charge in [-0.2, -0.15) is 10.4 Å². The molecule has 0 aliphatic heterocycles. The van der Waals surface area contributed by atoms with E-state index in [0.717, 1.165) is 11.3 Å². The van der Waals surface area contributed by atoms with Crippen molar-refractivity contribution >= 4 is 17.2 Å². The fourth-order valence-electron chi connectivity index (χ4n) is 1.82. The molecule has 5 heteroatoms. The summed E-state index contributed by atoms with van der Waals surface area (Å²) in [5.74, 6) is 0.205. The van der Waals surface area contributed by atoms with Crippen LogP contribution in [-0.2, 0) is 0 Å². The van der Waals surface area contributed by atoms with E-state index in [9.17, 15) is 4.79 Å². The van der Waals surface area contributed by atoms with Crippen LogP contribution < -0.4 is 10.2 Å². The zero-order chi connectivity index (χ0) is 15.9. The van der Waals surface area contributed by atoms with Crippen molar-refractivity contribution in [3.63, 3.8) is 0 Å². The Morgan fingerprint density at radius 2 is 1.86 bits per heavy atom. The van der Waals surface area contributed by atoms with Crippen LogP contribution in [0.3, 0.4) is 0 Å². The van der Waals surface area contributed by atoms with Crippen molar-refractivity contribution in [2.75, 3.05) is 12.5 Å². The Labute approximate surface area is 128 Å². The van der Waals surface area contributed by atoms with E-state index in [2.05, 4.69) is 10.5 Å². The summed E-state index contributed by atoms with van der Waals surface area (Å²) in [5, 5.41) is 13.1. The Morgan fingerprint density at radius 3 is 2.45 bits per heavy atom. The summed E-state index contributed by atoms with van der Waals surface area (Å²) in [6.07, 6.45) is 0. The van der Waals surface area contributed by atoms with Gasteiger partial charge in [-0.05, 0) is 42.8 Å². The number of Topliss-reactive ketones (excluding diaryl/α,β-unsaturated/α-hetero) is 1. The molecule has 0 saturated carbocycles. The Bertz CT molecular complexity index is 743. The standard InChI is InChI=1S/C17H15N3O2/c1-12-5-3-4-6-15(12)19-20-16(11-18)17(21)13-7-9-14(22-2)10-8-13/h3-10,19H,1-2H3. The third-order valence-electron chi connectivity index (χ3n) is 3.11. The quantitative estimate of drug-likeness (QED) is 0.522. The molecule has 0 spiro atoms. The number of aryl methyl sites for hydroxylation is 1. The van der Waals surface area contributed by atoms with Gasteiger partial charge in [0.2, 0.25) is 11.5 Å². The van der Waals surface area contributed by atoms with Crippen LogP contribution in [0.25, 0.3) is 0 Å². The average Bonchev–Trinajstić information content (AvgIpc) is 2.56. The molecule has 2 aromatic carbocycles. The molecule has 22 heavy (non-hydrogen) atoms. The molecule has 0 heterocycles. The molecule has 1 N–H and O–H groups in total. The lowest BCUT2D eigenvalue weighted by Gasteiger charge is -2.05. The van der Waals surface area contributed by atoms with Crippen molar-refractivity contribution < 1.29 is 9.53 Å². The summed E-state index contributed by atoms with van der Waals surface area (Å²) in [4.78, 5) is 12.2. The highest BCUT2D eigenvalue weighted by atomic mass is 16.5. The molecule has 110 valence electrons. The Hall–Kier alpha value is -3.13. The van der Waals surface area contributed by atoms with Crippen LogP contribution in [0.4, 0.5) is 5.69 Å². The fraction of sp³-hybridized carbons (Fsp3) is 0.118. The summed E-state index contributed by atoms with van der Waals surface area (Å²) in [7, 11) is 1.55. The van der Waals surface area contributed by atoms with Crippen molar-refractivity contribution in [2.45, 2.75) is 6.92 Å². The Kier molecular flexibility index (Phi) is 4.89. The van der Waals surface area contributed by atoms with Crippen molar-refractivity contribution in [1.82, 2.24) is 0 Å². The van der Waals surface area contributed by atoms with Gasteiger partial charge in [-0.1, -0.05) is 18.2 Å². The number of ether oxygens (including phenoxy) is 1. The van der Waals surface area contributed by atoms with Gasteiger partial charge in [-0.15, -0.1) is 0 Å². The smallest absolute Gasteiger partial charge is 0.223 e. The van der Waals surface area contributed by atoms with E-state index in [4.69, 9.17) is 10.00 Å². The number of nitrogens with zero attached hydrogens (tertiary/aromatic N) is 2. The summed E-state index contributed by atoms with van der Waals surface area (Å²) in [6, 6.07) is 15.8. The first kappa shape index (κ1) is 15.3. The van der Waals surface area contributed by atoms with Gasteiger partial charge >= 0.3 is 0 Å². The minimum absolute atomic E-state index is 0.201. The molecular weight excluding hydrogens is 278 g/mol. The van der Waals surface area contributed by atoms with Crippen LogP contribution in [0.1, 0.15) is 15.9 Å². The highest BCUT2D eigenvalue weighted by Crippen LogP contribution is 2.14. The number of nitriles is 1. The fourth-order valence-corrected chi connectivity index (χ4v) is 1.82. The number of rotatable bonds is 5. The first-order valence-electron chi connectivity index (χ1n) is 6.64. The van der Waals surface area contributed by atoms with Gasteiger partial charge < -0.3 is 4.74 Å². The predicted molar refractivity (Wildman–Crippen MR) is 85.2 cm³/mol. The summed E-state index contributed by atoms with van der Waals surface area (Å²) in [5.41, 5.74) is 4.66. The monoisotopic (exact) mass is 293 g/mol. The molecule has 0 saturated heterocycles. The van der Waals surface area contributed by atoms with Crippen LogP contribution in [0.5, 0.6) is 5.75 Å². The Balaban J connectivity index is 2.20. The molecule has 0 atom stereocenters. The first-order valence-corrected chi connectivity index (χ1v) is 6.64. The zero-order valence-electron chi connectivity index (χ0n) is 12.3. The van der Waals surface area contributed by atoms with E-state index in [0.29, 0.717) is 11.3 Å². The van der Waals surface area contributed by atoms with E-state index in [1.165, 1.54) is 0 Å². The van der Waals surface area contributed by atoms with Gasteiger partial charge in [-0.25, -0.2) is 0 Å². The van der Waals surface area contributed by atoms with Gasteiger partial charge in [0.15, 0.2) is 0 Å². The lowest BCUT2D eigenvalue weighted by molar-refractivity contribution is 0.106. The second-order valence-corrected chi connectivity index (χ2v) is 4.56. The average molecular weight is 293 g/mol. The molecule has 2 rings (SSSR count). The highest BCUT2D eigenvalue weighted by Gasteiger charge is 2.14. The van der Waals surface area contributed by atoms with E-state index in [-0.39, 0.29) is 5.71 Å². The van der Waals surface area contributed by atoms with Crippen molar-refractivity contribution in [3.8, 4) is 11.8 Å². The third-order valence-corrected chi connectivity index (χ3v) is 3.11. The maximum atomic E-state index is 12.2. The van der Waals surface area contributed by atoms with Gasteiger partial charge in [0.25, 0.3) is 0 Å². The number of carbonyl (C=O) groups excluding carboxylic acids is 1. The van der Waals surface area contributed by atoms with E-state index in [1.807, 2.05) is 37.3 Å². The highest BCUT2D eigenvalue weighted by molar-refractivity contribution is 6.51. The van der Waals surface area contributed by atoms with Crippen molar-refractivity contribution in [2.24, 2.45) is 5.10 Å². The summed E-state index contributed by atoms with van der Waals surface area (Å²) in [6.45, 7) is 1.91.